The lowest BCUT2D eigenvalue weighted by molar-refractivity contribution is -0.285. The van der Waals surface area contributed by atoms with Gasteiger partial charge < -0.3 is 24.4 Å². The second-order valence-electron chi connectivity index (χ2n) is 6.16. The lowest BCUT2D eigenvalue weighted by Gasteiger charge is -2.40. The van der Waals surface area contributed by atoms with Crippen molar-refractivity contribution in [3.05, 3.63) is 12.2 Å². The zero-order chi connectivity index (χ0) is 15.0. The summed E-state index contributed by atoms with van der Waals surface area (Å²) in [6, 6.07) is 0. The van der Waals surface area contributed by atoms with Crippen LogP contribution >= 0.6 is 0 Å². The van der Waals surface area contributed by atoms with E-state index in [9.17, 15) is 15.0 Å². The van der Waals surface area contributed by atoms with Gasteiger partial charge in [-0.25, -0.2) is 4.79 Å². The summed E-state index contributed by atoms with van der Waals surface area (Å²) in [6.45, 7) is 1.91. The highest BCUT2D eigenvalue weighted by Gasteiger charge is 2.53. The number of aliphatic hydroxyl groups is 2. The van der Waals surface area contributed by atoms with Gasteiger partial charge in [-0.3, -0.25) is 0 Å². The summed E-state index contributed by atoms with van der Waals surface area (Å²) in [5.74, 6) is -1.29. The first-order valence-electron chi connectivity index (χ1n) is 7.60. The molecule has 0 saturated carbocycles. The number of rotatable bonds is 3. The fourth-order valence-corrected chi connectivity index (χ4v) is 3.40. The predicted octanol–water partition coefficient (Wildman–Crippen LogP) is 0.654. The number of ether oxygens (including phenoxy) is 3. The summed E-state index contributed by atoms with van der Waals surface area (Å²) in [7, 11) is 0. The molecule has 0 aliphatic carbocycles. The van der Waals surface area contributed by atoms with Gasteiger partial charge in [0.05, 0.1) is 18.3 Å². The lowest BCUT2D eigenvalue weighted by Crippen LogP contribution is -2.47. The first kappa shape index (κ1) is 15.0. The molecule has 0 unspecified atom stereocenters. The molecule has 2 saturated heterocycles. The van der Waals surface area contributed by atoms with Gasteiger partial charge in [-0.1, -0.05) is 6.92 Å². The Balaban J connectivity index is 1.70. The maximum absolute atomic E-state index is 11.3. The molecule has 0 aromatic rings. The monoisotopic (exact) mass is 298 g/mol. The molecule has 6 nitrogen and oxygen atoms in total. The summed E-state index contributed by atoms with van der Waals surface area (Å²) in [6.07, 6.45) is 3.55. The summed E-state index contributed by atoms with van der Waals surface area (Å²) < 4.78 is 17.2. The second kappa shape index (κ2) is 5.68. The minimum absolute atomic E-state index is 0.247. The van der Waals surface area contributed by atoms with E-state index >= 15 is 0 Å². The van der Waals surface area contributed by atoms with Crippen molar-refractivity contribution in [2.45, 2.75) is 75.3 Å². The molecule has 0 aromatic heterocycles. The average Bonchev–Trinajstić information content (AvgIpc) is 2.73. The van der Waals surface area contributed by atoms with Crippen LogP contribution < -0.4 is 0 Å². The zero-order valence-corrected chi connectivity index (χ0v) is 12.1. The molecule has 1 spiro atoms. The Labute approximate surface area is 123 Å². The molecule has 21 heavy (non-hydrogen) atoms. The van der Waals surface area contributed by atoms with Gasteiger partial charge in [0.1, 0.15) is 12.2 Å². The molecule has 6 heteroatoms. The van der Waals surface area contributed by atoms with Gasteiger partial charge in [0.25, 0.3) is 0 Å². The van der Waals surface area contributed by atoms with E-state index in [2.05, 4.69) is 0 Å². The molecule has 2 N–H and O–H groups in total. The molecule has 0 amide bonds. The zero-order valence-electron chi connectivity index (χ0n) is 12.1. The van der Waals surface area contributed by atoms with Crippen molar-refractivity contribution in [1.29, 1.82) is 0 Å². The lowest BCUT2D eigenvalue weighted by atomic mass is 9.92. The predicted molar refractivity (Wildman–Crippen MR) is 72.3 cm³/mol. The standard InChI is InChI=1S/C15H22O6/c1-2-9(16)5-11-6-10(17)7-15(20-11)8-13-12(21-15)3-4-14(18)19-13/h3-4,9-13,16-17H,2,5-8H2,1H3/t9-,10-,11-,12-,13-,15+/m0/s1. The van der Waals surface area contributed by atoms with Crippen molar-refractivity contribution in [2.75, 3.05) is 0 Å². The Morgan fingerprint density at radius 2 is 2.24 bits per heavy atom. The molecule has 2 fully saturated rings. The molecule has 3 rings (SSSR count). The van der Waals surface area contributed by atoms with Crippen LogP contribution in [0.1, 0.15) is 39.0 Å². The molecule has 6 atom stereocenters. The molecule has 0 bridgehead atoms. The van der Waals surface area contributed by atoms with E-state index in [0.29, 0.717) is 32.1 Å². The summed E-state index contributed by atoms with van der Waals surface area (Å²) in [4.78, 5) is 11.3. The first-order valence-corrected chi connectivity index (χ1v) is 7.60. The highest BCUT2D eigenvalue weighted by atomic mass is 16.7. The van der Waals surface area contributed by atoms with Crippen molar-refractivity contribution in [3.63, 3.8) is 0 Å². The topological polar surface area (TPSA) is 85.2 Å². The van der Waals surface area contributed by atoms with Gasteiger partial charge in [-0.15, -0.1) is 0 Å². The van der Waals surface area contributed by atoms with Crippen LogP contribution in [0.3, 0.4) is 0 Å². The Morgan fingerprint density at radius 3 is 3.00 bits per heavy atom. The Kier molecular flexibility index (Phi) is 4.05. The second-order valence-corrected chi connectivity index (χ2v) is 6.16. The van der Waals surface area contributed by atoms with E-state index in [0.717, 1.165) is 0 Å². The fraction of sp³-hybridized carbons (Fsp3) is 0.800. The number of carbonyl (C=O) groups excluding carboxylic acids is 1. The SMILES string of the molecule is CC[C@H](O)C[C@H]1C[C@H](O)C[C@@]2(C[C@@H]3OC(=O)C=C[C@@H]3O2)O1. The Bertz CT molecular complexity index is 436. The largest absolute Gasteiger partial charge is 0.456 e. The number of hydrogen-bond donors (Lipinski definition) is 2. The van der Waals surface area contributed by atoms with Crippen LogP contribution in [-0.4, -0.2) is 52.5 Å². The van der Waals surface area contributed by atoms with Crippen molar-refractivity contribution in [3.8, 4) is 0 Å². The van der Waals surface area contributed by atoms with Gasteiger partial charge in [0.2, 0.25) is 0 Å². The van der Waals surface area contributed by atoms with Crippen molar-refractivity contribution in [2.24, 2.45) is 0 Å². The van der Waals surface area contributed by atoms with E-state index in [1.54, 1.807) is 6.08 Å². The highest BCUT2D eigenvalue weighted by Crippen LogP contribution is 2.43. The van der Waals surface area contributed by atoms with Crippen LogP contribution in [0.4, 0.5) is 0 Å². The van der Waals surface area contributed by atoms with Crippen molar-refractivity contribution >= 4 is 5.97 Å². The van der Waals surface area contributed by atoms with Crippen LogP contribution in [0, 0.1) is 0 Å². The van der Waals surface area contributed by atoms with Crippen molar-refractivity contribution < 1.29 is 29.2 Å². The van der Waals surface area contributed by atoms with E-state index in [4.69, 9.17) is 14.2 Å². The molecule has 3 aliphatic rings. The van der Waals surface area contributed by atoms with E-state index in [1.807, 2.05) is 6.92 Å². The van der Waals surface area contributed by atoms with Crippen LogP contribution in [0.2, 0.25) is 0 Å². The molecule has 3 heterocycles. The Morgan fingerprint density at radius 1 is 1.43 bits per heavy atom. The first-order chi connectivity index (χ1) is 9.99. The third-order valence-corrected chi connectivity index (χ3v) is 4.39. The number of fused-ring (bicyclic) bond motifs is 1. The third kappa shape index (κ3) is 3.13. The number of hydrogen-bond acceptors (Lipinski definition) is 6. The van der Waals surface area contributed by atoms with Gasteiger partial charge in [0, 0.05) is 18.9 Å². The minimum Gasteiger partial charge on any atom is -0.456 e. The van der Waals surface area contributed by atoms with Crippen LogP contribution in [0.15, 0.2) is 12.2 Å². The van der Waals surface area contributed by atoms with E-state index in [1.165, 1.54) is 6.08 Å². The van der Waals surface area contributed by atoms with Gasteiger partial charge in [-0.05, 0) is 25.3 Å². The van der Waals surface area contributed by atoms with Gasteiger partial charge >= 0.3 is 5.97 Å². The maximum atomic E-state index is 11.3. The van der Waals surface area contributed by atoms with Gasteiger partial charge in [0.15, 0.2) is 5.79 Å². The summed E-state index contributed by atoms with van der Waals surface area (Å²) in [5.41, 5.74) is 0. The minimum atomic E-state index is -0.917. The third-order valence-electron chi connectivity index (χ3n) is 4.39. The number of aliphatic hydroxyl groups excluding tert-OH is 2. The number of esters is 1. The molecule has 118 valence electrons. The highest BCUT2D eigenvalue weighted by molar-refractivity contribution is 5.83. The van der Waals surface area contributed by atoms with E-state index < -0.39 is 18.0 Å². The maximum Gasteiger partial charge on any atom is 0.330 e. The molecule has 3 aliphatic heterocycles. The van der Waals surface area contributed by atoms with Crippen molar-refractivity contribution in [1.82, 2.24) is 0 Å². The fourth-order valence-electron chi connectivity index (χ4n) is 3.40. The molecular formula is C15H22O6. The van der Waals surface area contributed by atoms with Gasteiger partial charge in [-0.2, -0.15) is 0 Å². The van der Waals surface area contributed by atoms with Crippen LogP contribution in [0.5, 0.6) is 0 Å². The van der Waals surface area contributed by atoms with Crippen LogP contribution in [-0.2, 0) is 19.0 Å². The quantitative estimate of drug-likeness (QED) is 0.744. The molecule has 0 radical (unpaired) electrons. The summed E-state index contributed by atoms with van der Waals surface area (Å²) >= 11 is 0. The smallest absolute Gasteiger partial charge is 0.330 e. The summed E-state index contributed by atoms with van der Waals surface area (Å²) in [5, 5.41) is 19.9. The molecular weight excluding hydrogens is 276 g/mol. The van der Waals surface area contributed by atoms with E-state index in [-0.39, 0.29) is 24.3 Å². The average molecular weight is 298 g/mol. The normalized spacial score (nSPS) is 43.7. The Hall–Kier alpha value is -0.950. The van der Waals surface area contributed by atoms with Crippen LogP contribution in [0.25, 0.3) is 0 Å². The molecule has 0 aromatic carbocycles. The number of carbonyl (C=O) groups is 1.